The third kappa shape index (κ3) is 4.93. The number of ether oxygens (including phenoxy) is 1. The molecule has 0 aromatic heterocycles. The molecule has 1 fully saturated rings. The van der Waals surface area contributed by atoms with Crippen LogP contribution >= 0.6 is 0 Å². The highest BCUT2D eigenvalue weighted by molar-refractivity contribution is 7.89. The highest BCUT2D eigenvalue weighted by atomic mass is 32.2. The number of sulfonamides is 1. The van der Waals surface area contributed by atoms with Crippen LogP contribution in [-0.4, -0.2) is 69.3 Å². The van der Waals surface area contributed by atoms with E-state index in [0.717, 1.165) is 0 Å². The second kappa shape index (κ2) is 9.06. The highest BCUT2D eigenvalue weighted by Gasteiger charge is 2.29. The van der Waals surface area contributed by atoms with Gasteiger partial charge in [0.15, 0.2) is 0 Å². The monoisotopic (exact) mass is 417 g/mol. The lowest BCUT2D eigenvalue weighted by Gasteiger charge is -2.34. The van der Waals surface area contributed by atoms with Gasteiger partial charge in [-0.1, -0.05) is 24.3 Å². The number of anilines is 1. The SMILES string of the molecule is COC(=O)c1cccc(NCC(=O)N2CCN(S(=O)(=O)c3ccccc3)CC2)c1. The van der Waals surface area contributed by atoms with Crippen LogP contribution in [0, 0.1) is 0 Å². The first-order valence-electron chi connectivity index (χ1n) is 9.17. The Kier molecular flexibility index (Phi) is 6.50. The zero-order valence-electron chi connectivity index (χ0n) is 16.1. The second-order valence-electron chi connectivity index (χ2n) is 6.52. The van der Waals surface area contributed by atoms with Crippen LogP contribution in [0.4, 0.5) is 5.69 Å². The van der Waals surface area contributed by atoms with Gasteiger partial charge in [0.1, 0.15) is 0 Å². The minimum Gasteiger partial charge on any atom is -0.465 e. The Morgan fingerprint density at radius 2 is 1.69 bits per heavy atom. The Morgan fingerprint density at radius 1 is 1.00 bits per heavy atom. The summed E-state index contributed by atoms with van der Waals surface area (Å²) in [6, 6.07) is 15.0. The molecule has 0 unspecified atom stereocenters. The Hall–Kier alpha value is -2.91. The molecule has 1 aliphatic rings. The summed E-state index contributed by atoms with van der Waals surface area (Å²) < 4.78 is 31.4. The van der Waals surface area contributed by atoms with E-state index >= 15 is 0 Å². The molecule has 1 heterocycles. The molecule has 29 heavy (non-hydrogen) atoms. The number of benzene rings is 2. The standard InChI is InChI=1S/C20H23N3O5S/c1-28-20(25)16-6-5-7-17(14-16)21-15-19(24)22-10-12-23(13-11-22)29(26,27)18-8-3-2-4-9-18/h2-9,14,21H,10-13,15H2,1H3. The van der Waals surface area contributed by atoms with E-state index in [2.05, 4.69) is 10.1 Å². The minimum atomic E-state index is -3.55. The van der Waals surface area contributed by atoms with Crippen molar-refractivity contribution in [2.24, 2.45) is 0 Å². The molecule has 0 atom stereocenters. The van der Waals surface area contributed by atoms with Crippen molar-refractivity contribution in [2.45, 2.75) is 4.90 Å². The maximum absolute atomic E-state index is 12.7. The molecule has 0 spiro atoms. The number of methoxy groups -OCH3 is 1. The van der Waals surface area contributed by atoms with Crippen molar-refractivity contribution < 1.29 is 22.7 Å². The zero-order chi connectivity index (χ0) is 20.9. The Bertz CT molecular complexity index is 971. The van der Waals surface area contributed by atoms with E-state index in [9.17, 15) is 18.0 Å². The molecule has 1 aliphatic heterocycles. The summed E-state index contributed by atoms with van der Waals surface area (Å²) >= 11 is 0. The third-order valence-electron chi connectivity index (χ3n) is 4.70. The zero-order valence-corrected chi connectivity index (χ0v) is 16.9. The fourth-order valence-corrected chi connectivity index (χ4v) is 4.53. The molecule has 0 bridgehead atoms. The molecule has 0 saturated carbocycles. The summed E-state index contributed by atoms with van der Waals surface area (Å²) in [6.07, 6.45) is 0. The molecule has 1 amide bonds. The predicted octanol–water partition coefficient (Wildman–Crippen LogP) is 1.42. The number of carbonyl (C=O) groups excluding carboxylic acids is 2. The molecule has 0 aliphatic carbocycles. The number of hydrogen-bond donors (Lipinski definition) is 1. The first-order valence-corrected chi connectivity index (χ1v) is 10.6. The van der Waals surface area contributed by atoms with Gasteiger partial charge in [-0.05, 0) is 30.3 Å². The molecule has 1 saturated heterocycles. The average molecular weight is 417 g/mol. The predicted molar refractivity (Wildman–Crippen MR) is 108 cm³/mol. The van der Waals surface area contributed by atoms with E-state index in [0.29, 0.717) is 24.3 Å². The molecule has 2 aromatic carbocycles. The van der Waals surface area contributed by atoms with E-state index < -0.39 is 16.0 Å². The number of esters is 1. The molecule has 154 valence electrons. The minimum absolute atomic E-state index is 0.0516. The lowest BCUT2D eigenvalue weighted by atomic mass is 10.2. The fourth-order valence-electron chi connectivity index (χ4n) is 3.08. The van der Waals surface area contributed by atoms with Gasteiger partial charge in [-0.2, -0.15) is 4.31 Å². The molecular weight excluding hydrogens is 394 g/mol. The van der Waals surface area contributed by atoms with Gasteiger partial charge in [0.05, 0.1) is 24.1 Å². The molecular formula is C20H23N3O5S. The Morgan fingerprint density at radius 3 is 2.34 bits per heavy atom. The summed E-state index contributed by atoms with van der Waals surface area (Å²) in [6.45, 7) is 1.21. The van der Waals surface area contributed by atoms with Crippen molar-refractivity contribution >= 4 is 27.6 Å². The third-order valence-corrected chi connectivity index (χ3v) is 6.61. The maximum Gasteiger partial charge on any atom is 0.337 e. The first kappa shape index (κ1) is 20.8. The van der Waals surface area contributed by atoms with Gasteiger partial charge in [0, 0.05) is 31.9 Å². The van der Waals surface area contributed by atoms with Crippen molar-refractivity contribution in [3.8, 4) is 0 Å². The van der Waals surface area contributed by atoms with E-state index in [4.69, 9.17) is 0 Å². The van der Waals surface area contributed by atoms with Crippen LogP contribution in [0.3, 0.4) is 0 Å². The quantitative estimate of drug-likeness (QED) is 0.714. The van der Waals surface area contributed by atoms with Crippen LogP contribution in [-0.2, 0) is 19.6 Å². The van der Waals surface area contributed by atoms with Gasteiger partial charge in [0.25, 0.3) is 0 Å². The van der Waals surface area contributed by atoms with Crippen LogP contribution < -0.4 is 5.32 Å². The van der Waals surface area contributed by atoms with E-state index in [1.807, 2.05) is 0 Å². The Balaban J connectivity index is 1.54. The van der Waals surface area contributed by atoms with Gasteiger partial charge in [0.2, 0.25) is 15.9 Å². The van der Waals surface area contributed by atoms with Crippen molar-refractivity contribution in [1.82, 2.24) is 9.21 Å². The number of carbonyl (C=O) groups is 2. The van der Waals surface area contributed by atoms with E-state index in [-0.39, 0.29) is 30.4 Å². The fraction of sp³-hybridized carbons (Fsp3) is 0.300. The van der Waals surface area contributed by atoms with E-state index in [1.54, 1.807) is 59.5 Å². The van der Waals surface area contributed by atoms with Gasteiger partial charge in [-0.15, -0.1) is 0 Å². The lowest BCUT2D eigenvalue weighted by Crippen LogP contribution is -2.51. The number of rotatable bonds is 6. The normalized spacial score (nSPS) is 15.0. The van der Waals surface area contributed by atoms with Crippen LogP contribution in [0.1, 0.15) is 10.4 Å². The first-order chi connectivity index (χ1) is 13.9. The maximum atomic E-state index is 12.7. The summed E-state index contributed by atoms with van der Waals surface area (Å²) in [4.78, 5) is 26.0. The summed E-state index contributed by atoms with van der Waals surface area (Å²) in [5, 5.41) is 3.00. The number of hydrogen-bond acceptors (Lipinski definition) is 6. The van der Waals surface area contributed by atoms with Crippen LogP contribution in [0.15, 0.2) is 59.5 Å². The van der Waals surface area contributed by atoms with Crippen LogP contribution in [0.5, 0.6) is 0 Å². The van der Waals surface area contributed by atoms with E-state index in [1.165, 1.54) is 11.4 Å². The van der Waals surface area contributed by atoms with Crippen molar-refractivity contribution in [3.05, 3.63) is 60.2 Å². The molecule has 1 N–H and O–H groups in total. The Labute approximate surface area is 170 Å². The summed E-state index contributed by atoms with van der Waals surface area (Å²) in [5.41, 5.74) is 1.02. The van der Waals surface area contributed by atoms with Gasteiger partial charge >= 0.3 is 5.97 Å². The van der Waals surface area contributed by atoms with Gasteiger partial charge in [-0.3, -0.25) is 4.79 Å². The molecule has 8 nitrogen and oxygen atoms in total. The number of nitrogens with one attached hydrogen (secondary N) is 1. The van der Waals surface area contributed by atoms with Crippen LogP contribution in [0.2, 0.25) is 0 Å². The van der Waals surface area contributed by atoms with Crippen LogP contribution in [0.25, 0.3) is 0 Å². The number of amides is 1. The smallest absolute Gasteiger partial charge is 0.337 e. The topological polar surface area (TPSA) is 96.0 Å². The number of piperazine rings is 1. The highest BCUT2D eigenvalue weighted by Crippen LogP contribution is 2.17. The molecule has 0 radical (unpaired) electrons. The molecule has 9 heteroatoms. The molecule has 2 aromatic rings. The van der Waals surface area contributed by atoms with Gasteiger partial charge < -0.3 is 15.0 Å². The molecule has 3 rings (SSSR count). The van der Waals surface area contributed by atoms with Gasteiger partial charge in [-0.25, -0.2) is 13.2 Å². The second-order valence-corrected chi connectivity index (χ2v) is 8.46. The summed E-state index contributed by atoms with van der Waals surface area (Å²) in [7, 11) is -2.24. The summed E-state index contributed by atoms with van der Waals surface area (Å²) in [5.74, 6) is -0.582. The average Bonchev–Trinajstić information content (AvgIpc) is 2.77. The van der Waals surface area contributed by atoms with Crippen molar-refractivity contribution in [1.29, 1.82) is 0 Å². The lowest BCUT2D eigenvalue weighted by molar-refractivity contribution is -0.130. The number of nitrogens with zero attached hydrogens (tertiary/aromatic N) is 2. The largest absolute Gasteiger partial charge is 0.465 e. The van der Waals surface area contributed by atoms with Crippen molar-refractivity contribution in [2.75, 3.05) is 45.2 Å². The van der Waals surface area contributed by atoms with Crippen molar-refractivity contribution in [3.63, 3.8) is 0 Å².